The number of nitriles is 3. The number of ether oxygens (including phenoxy) is 1. The van der Waals surface area contributed by atoms with Gasteiger partial charge in [-0.1, -0.05) is 0 Å². The summed E-state index contributed by atoms with van der Waals surface area (Å²) in [6.07, 6.45) is 0. The zero-order chi connectivity index (χ0) is 21.3. The number of hydrogen-bond donors (Lipinski definition) is 1. The van der Waals surface area contributed by atoms with Gasteiger partial charge in [-0.05, 0) is 48.9 Å². The Hall–Kier alpha value is -4.61. The first kappa shape index (κ1) is 18.7. The van der Waals surface area contributed by atoms with E-state index in [4.69, 9.17) is 20.5 Å². The number of amides is 1. The molecule has 3 aromatic rings. The molecule has 2 aromatic carbocycles. The Kier molecular flexibility index (Phi) is 4.64. The highest BCUT2D eigenvalue weighted by Crippen LogP contribution is 2.32. The molecule has 1 N–H and O–H groups in total. The number of carbonyl (C=O) groups is 1. The summed E-state index contributed by atoms with van der Waals surface area (Å²) >= 11 is 0. The van der Waals surface area contributed by atoms with Crippen molar-refractivity contribution in [3.63, 3.8) is 0 Å². The highest BCUT2D eigenvalue weighted by Gasteiger charge is 2.29. The van der Waals surface area contributed by atoms with E-state index in [-0.39, 0.29) is 12.5 Å². The van der Waals surface area contributed by atoms with Crippen molar-refractivity contribution in [3.05, 3.63) is 75.6 Å². The van der Waals surface area contributed by atoms with Crippen molar-refractivity contribution in [1.29, 1.82) is 15.8 Å². The van der Waals surface area contributed by atoms with Crippen molar-refractivity contribution < 1.29 is 9.53 Å². The van der Waals surface area contributed by atoms with E-state index in [2.05, 4.69) is 16.3 Å². The lowest BCUT2D eigenvalue weighted by Gasteiger charge is -2.15. The summed E-state index contributed by atoms with van der Waals surface area (Å²) in [7, 11) is 0. The predicted octanol–water partition coefficient (Wildman–Crippen LogP) is 3.28. The van der Waals surface area contributed by atoms with Crippen molar-refractivity contribution in [1.82, 2.24) is 15.1 Å². The number of carbonyl (C=O) groups excluding carboxylic acids is 1. The molecule has 144 valence electrons. The average Bonchev–Trinajstić information content (AvgIpc) is 3.27. The predicted molar refractivity (Wildman–Crippen MR) is 104 cm³/mol. The summed E-state index contributed by atoms with van der Waals surface area (Å²) in [6, 6.07) is 15.7. The number of nitrogens with zero attached hydrogens (tertiary/aromatic N) is 5. The van der Waals surface area contributed by atoms with E-state index in [1.54, 1.807) is 30.0 Å². The Morgan fingerprint density at radius 2 is 1.77 bits per heavy atom. The summed E-state index contributed by atoms with van der Waals surface area (Å²) in [4.78, 5) is 14.4. The molecule has 0 aliphatic carbocycles. The number of rotatable bonds is 4. The van der Waals surface area contributed by atoms with Crippen LogP contribution in [0.5, 0.6) is 11.5 Å². The second-order valence-corrected chi connectivity index (χ2v) is 6.84. The van der Waals surface area contributed by atoms with E-state index in [0.717, 1.165) is 5.56 Å². The van der Waals surface area contributed by atoms with Gasteiger partial charge in [-0.3, -0.25) is 9.89 Å². The highest BCUT2D eigenvalue weighted by atomic mass is 16.5. The minimum Gasteiger partial charge on any atom is -0.453 e. The Morgan fingerprint density at radius 1 is 1.07 bits per heavy atom. The Labute approximate surface area is 172 Å². The summed E-state index contributed by atoms with van der Waals surface area (Å²) in [5.41, 5.74) is 3.68. The first-order valence-corrected chi connectivity index (χ1v) is 9.01. The molecule has 1 amide bonds. The standard InChI is InChI=1S/C22H14N6O2/c1-13-21(30-18-6-15(9-24)4-16(7-18)10-25)20(27-26-13)12-28-11-17-5-14(8-23)2-3-19(17)22(28)29/h2-7H,11-12H2,1H3,(H,26,27). The molecule has 0 radical (unpaired) electrons. The van der Waals surface area contributed by atoms with E-state index >= 15 is 0 Å². The van der Waals surface area contributed by atoms with Crippen LogP contribution in [0.2, 0.25) is 0 Å². The summed E-state index contributed by atoms with van der Waals surface area (Å²) < 4.78 is 5.95. The number of H-pyrrole nitrogens is 1. The number of aromatic amines is 1. The van der Waals surface area contributed by atoms with Crippen molar-refractivity contribution in [2.24, 2.45) is 0 Å². The fourth-order valence-corrected chi connectivity index (χ4v) is 3.38. The molecule has 30 heavy (non-hydrogen) atoms. The molecule has 1 aliphatic heterocycles. The Bertz CT molecular complexity index is 1270. The molecule has 1 aromatic heterocycles. The minimum absolute atomic E-state index is 0.140. The van der Waals surface area contributed by atoms with Crippen LogP contribution in [0.4, 0.5) is 0 Å². The molecule has 8 nitrogen and oxygen atoms in total. The molecule has 0 bridgehead atoms. The fourth-order valence-electron chi connectivity index (χ4n) is 3.38. The van der Waals surface area contributed by atoms with E-state index in [9.17, 15) is 4.79 Å². The number of hydrogen-bond acceptors (Lipinski definition) is 6. The SMILES string of the molecule is Cc1[nH]nc(CN2Cc3cc(C#N)ccc3C2=O)c1Oc1cc(C#N)cc(C#N)c1. The maximum atomic E-state index is 12.7. The van der Waals surface area contributed by atoms with Gasteiger partial charge in [0.1, 0.15) is 11.4 Å². The van der Waals surface area contributed by atoms with Crippen LogP contribution in [0.15, 0.2) is 36.4 Å². The third kappa shape index (κ3) is 3.32. The zero-order valence-electron chi connectivity index (χ0n) is 15.9. The topological polar surface area (TPSA) is 130 Å². The quantitative estimate of drug-likeness (QED) is 0.723. The Balaban J connectivity index is 1.60. The van der Waals surface area contributed by atoms with Crippen molar-refractivity contribution in [2.75, 3.05) is 0 Å². The van der Waals surface area contributed by atoms with E-state index in [1.165, 1.54) is 18.2 Å². The van der Waals surface area contributed by atoms with Crippen LogP contribution >= 0.6 is 0 Å². The van der Waals surface area contributed by atoms with Crippen molar-refractivity contribution in [3.8, 4) is 29.7 Å². The van der Waals surface area contributed by atoms with Gasteiger partial charge in [-0.2, -0.15) is 20.9 Å². The molecular formula is C22H14N6O2. The molecule has 0 saturated carbocycles. The number of nitrogens with one attached hydrogen (secondary N) is 1. The second-order valence-electron chi connectivity index (χ2n) is 6.84. The molecule has 2 heterocycles. The molecular weight excluding hydrogens is 380 g/mol. The van der Waals surface area contributed by atoms with Gasteiger partial charge in [0, 0.05) is 12.1 Å². The summed E-state index contributed by atoms with van der Waals surface area (Å²) in [5, 5.41) is 34.5. The number of aromatic nitrogens is 2. The number of aryl methyl sites for hydroxylation is 1. The molecule has 1 aliphatic rings. The van der Waals surface area contributed by atoms with Gasteiger partial charge >= 0.3 is 0 Å². The van der Waals surface area contributed by atoms with E-state index < -0.39 is 0 Å². The van der Waals surface area contributed by atoms with Crippen LogP contribution < -0.4 is 4.74 Å². The zero-order valence-corrected chi connectivity index (χ0v) is 15.9. The van der Waals surface area contributed by atoms with E-state index in [1.807, 2.05) is 12.1 Å². The third-order valence-electron chi connectivity index (χ3n) is 4.80. The average molecular weight is 394 g/mol. The maximum Gasteiger partial charge on any atom is 0.254 e. The monoisotopic (exact) mass is 394 g/mol. The van der Waals surface area contributed by atoms with Crippen LogP contribution in [-0.2, 0) is 13.1 Å². The van der Waals surface area contributed by atoms with Gasteiger partial charge in [0.15, 0.2) is 5.75 Å². The number of benzene rings is 2. The smallest absolute Gasteiger partial charge is 0.254 e. The highest BCUT2D eigenvalue weighted by molar-refractivity contribution is 5.98. The summed E-state index contributed by atoms with van der Waals surface area (Å²) in [6.45, 7) is 2.36. The van der Waals surface area contributed by atoms with Gasteiger partial charge in [0.25, 0.3) is 5.91 Å². The van der Waals surface area contributed by atoms with Gasteiger partial charge in [-0.25, -0.2) is 0 Å². The van der Waals surface area contributed by atoms with Crippen LogP contribution in [0.25, 0.3) is 0 Å². The lowest BCUT2D eigenvalue weighted by atomic mass is 10.1. The molecule has 0 fully saturated rings. The fraction of sp³-hybridized carbons (Fsp3) is 0.136. The lowest BCUT2D eigenvalue weighted by molar-refractivity contribution is 0.0764. The molecule has 8 heteroatoms. The molecule has 0 unspecified atom stereocenters. The largest absolute Gasteiger partial charge is 0.453 e. The van der Waals surface area contributed by atoms with Crippen LogP contribution in [0, 0.1) is 40.9 Å². The minimum atomic E-state index is -0.140. The van der Waals surface area contributed by atoms with Crippen LogP contribution in [0.1, 0.15) is 44.0 Å². The van der Waals surface area contributed by atoms with Crippen molar-refractivity contribution in [2.45, 2.75) is 20.0 Å². The van der Waals surface area contributed by atoms with Crippen LogP contribution in [0.3, 0.4) is 0 Å². The molecule has 0 spiro atoms. The van der Waals surface area contributed by atoms with Crippen molar-refractivity contribution >= 4 is 5.91 Å². The third-order valence-corrected chi connectivity index (χ3v) is 4.80. The van der Waals surface area contributed by atoms with Gasteiger partial charge < -0.3 is 9.64 Å². The van der Waals surface area contributed by atoms with E-state index in [0.29, 0.717) is 51.7 Å². The van der Waals surface area contributed by atoms with Crippen LogP contribution in [-0.4, -0.2) is 21.0 Å². The molecule has 0 saturated heterocycles. The lowest BCUT2D eigenvalue weighted by Crippen LogP contribution is -2.23. The normalized spacial score (nSPS) is 12.1. The first-order chi connectivity index (χ1) is 14.5. The Morgan fingerprint density at radius 3 is 2.43 bits per heavy atom. The van der Waals surface area contributed by atoms with Gasteiger partial charge in [-0.15, -0.1) is 0 Å². The number of fused-ring (bicyclic) bond motifs is 1. The van der Waals surface area contributed by atoms with Gasteiger partial charge in [0.2, 0.25) is 0 Å². The second kappa shape index (κ2) is 7.43. The first-order valence-electron chi connectivity index (χ1n) is 9.01. The molecule has 0 atom stereocenters. The van der Waals surface area contributed by atoms with Gasteiger partial charge in [0.05, 0.1) is 47.1 Å². The summed E-state index contributed by atoms with van der Waals surface area (Å²) in [5.74, 6) is 0.640. The maximum absolute atomic E-state index is 12.7. The molecule has 4 rings (SSSR count).